The van der Waals surface area contributed by atoms with E-state index in [1.807, 2.05) is 29.2 Å². The van der Waals surface area contributed by atoms with Gasteiger partial charge in [0, 0.05) is 42.5 Å². The number of hydrogen-bond acceptors (Lipinski definition) is 8. The van der Waals surface area contributed by atoms with Crippen molar-refractivity contribution in [2.75, 3.05) is 55.7 Å². The third-order valence-electron chi connectivity index (χ3n) is 5.58. The molecule has 0 radical (unpaired) electrons. The zero-order chi connectivity index (χ0) is 23.4. The van der Waals surface area contributed by atoms with Gasteiger partial charge in [-0.25, -0.2) is 15.6 Å². The highest BCUT2D eigenvalue weighted by atomic mass is 35.5. The van der Waals surface area contributed by atoms with Crippen LogP contribution >= 0.6 is 11.6 Å². The summed E-state index contributed by atoms with van der Waals surface area (Å²) in [5.74, 6) is 6.37. The molecule has 13 heteroatoms. The number of amides is 2. The molecule has 0 aliphatic carbocycles. The summed E-state index contributed by atoms with van der Waals surface area (Å²) in [6, 6.07) is 7.86. The maximum absolute atomic E-state index is 12.4. The number of nitrogens with two attached hydrogens (primary N) is 1. The average molecular weight is 474 g/mol. The molecular formula is C20H24ClN9O3. The fourth-order valence-corrected chi connectivity index (χ4v) is 4.04. The van der Waals surface area contributed by atoms with Crippen LogP contribution in [0.2, 0.25) is 0 Å². The minimum absolute atomic E-state index is 0.0682. The molecule has 174 valence electrons. The number of dihydropyridines is 1. The van der Waals surface area contributed by atoms with Gasteiger partial charge in [0.1, 0.15) is 23.6 Å². The van der Waals surface area contributed by atoms with Crippen LogP contribution in [0.5, 0.6) is 0 Å². The van der Waals surface area contributed by atoms with Gasteiger partial charge in [-0.15, -0.1) is 0 Å². The summed E-state index contributed by atoms with van der Waals surface area (Å²) < 4.78 is 5.11. The van der Waals surface area contributed by atoms with E-state index in [-0.39, 0.29) is 25.6 Å². The highest BCUT2D eigenvalue weighted by Gasteiger charge is 2.32. The van der Waals surface area contributed by atoms with E-state index in [2.05, 4.69) is 20.2 Å². The maximum Gasteiger partial charge on any atom is 0.409 e. The Kier molecular flexibility index (Phi) is 6.78. The van der Waals surface area contributed by atoms with Crippen molar-refractivity contribution in [3.63, 3.8) is 0 Å². The number of azide groups is 1. The predicted octanol–water partition coefficient (Wildman–Crippen LogP) is 1.67. The second kappa shape index (κ2) is 9.90. The molecule has 1 unspecified atom stereocenters. The van der Waals surface area contributed by atoms with E-state index in [0.29, 0.717) is 37.7 Å². The molecule has 12 nitrogen and oxygen atoms in total. The lowest BCUT2D eigenvalue weighted by molar-refractivity contribution is -0.128. The highest BCUT2D eigenvalue weighted by molar-refractivity contribution is 6.21. The molecule has 0 aromatic heterocycles. The molecule has 0 bridgehead atoms. The second-order valence-corrected chi connectivity index (χ2v) is 8.02. The van der Waals surface area contributed by atoms with Crippen molar-refractivity contribution < 1.29 is 14.3 Å². The van der Waals surface area contributed by atoms with Gasteiger partial charge < -0.3 is 24.8 Å². The molecule has 3 N–H and O–H groups in total. The molecule has 2 amide bonds. The Bertz CT molecular complexity index is 1010. The molecule has 1 atom stereocenters. The van der Waals surface area contributed by atoms with Gasteiger partial charge in [-0.2, -0.15) is 0 Å². The number of rotatable bonds is 5. The maximum atomic E-state index is 12.4. The first kappa shape index (κ1) is 22.6. The molecule has 33 heavy (non-hydrogen) atoms. The number of hydrazine groups is 1. The van der Waals surface area contributed by atoms with Crippen LogP contribution in [0.15, 0.2) is 53.0 Å². The molecule has 1 aromatic rings. The van der Waals surface area contributed by atoms with E-state index >= 15 is 0 Å². The van der Waals surface area contributed by atoms with Crippen LogP contribution in [-0.4, -0.2) is 73.3 Å². The zero-order valence-corrected chi connectivity index (χ0v) is 18.6. The van der Waals surface area contributed by atoms with Gasteiger partial charge in [0.2, 0.25) is 0 Å². The summed E-state index contributed by atoms with van der Waals surface area (Å²) in [7, 11) is 0. The van der Waals surface area contributed by atoms with Crippen molar-refractivity contribution in [3.05, 3.63) is 58.4 Å². The fraction of sp³-hybridized carbons (Fsp3) is 0.400. The summed E-state index contributed by atoms with van der Waals surface area (Å²) in [4.78, 5) is 32.8. The van der Waals surface area contributed by atoms with Gasteiger partial charge >= 0.3 is 6.09 Å². The number of allylic oxidation sites excluding steroid dienone is 1. The number of anilines is 2. The largest absolute Gasteiger partial charge is 0.449 e. The van der Waals surface area contributed by atoms with Crippen LogP contribution in [0.3, 0.4) is 0 Å². The summed E-state index contributed by atoms with van der Waals surface area (Å²) >= 11 is 6.21. The molecule has 1 saturated heterocycles. The fourth-order valence-electron chi connectivity index (χ4n) is 3.86. The minimum atomic E-state index is -0.405. The number of hydrogen-bond donors (Lipinski definition) is 2. The number of nitrogens with zero attached hydrogens (tertiary/aromatic N) is 7. The van der Waals surface area contributed by atoms with Gasteiger partial charge in [-0.3, -0.25) is 4.79 Å². The number of piperazine rings is 1. The molecular weight excluding hydrogens is 450 g/mol. The Labute approximate surface area is 195 Å². The first-order valence-electron chi connectivity index (χ1n) is 10.4. The third-order valence-corrected chi connectivity index (χ3v) is 5.83. The monoisotopic (exact) mass is 473 g/mol. The molecule has 3 aliphatic rings. The molecule has 1 fully saturated rings. The Hall–Kier alpha value is -3.60. The van der Waals surface area contributed by atoms with Crippen molar-refractivity contribution in [1.82, 2.24) is 15.2 Å². The summed E-state index contributed by atoms with van der Waals surface area (Å²) in [5, 5.41) is 7.64. The van der Waals surface area contributed by atoms with E-state index in [9.17, 15) is 9.59 Å². The summed E-state index contributed by atoms with van der Waals surface area (Å²) in [6.45, 7) is 2.65. The number of carbonyl (C=O) groups excluding carboxylic acids is 2. The van der Waals surface area contributed by atoms with E-state index in [1.165, 1.54) is 0 Å². The van der Waals surface area contributed by atoms with Gasteiger partial charge in [0.25, 0.3) is 5.91 Å². The molecule has 3 aliphatic heterocycles. The smallest absolute Gasteiger partial charge is 0.409 e. The first-order valence-corrected chi connectivity index (χ1v) is 10.9. The minimum Gasteiger partial charge on any atom is -0.449 e. The van der Waals surface area contributed by atoms with Gasteiger partial charge in [-0.1, -0.05) is 16.7 Å². The van der Waals surface area contributed by atoms with Crippen LogP contribution in [0.25, 0.3) is 10.4 Å². The lowest BCUT2D eigenvalue weighted by Crippen LogP contribution is -2.53. The highest BCUT2D eigenvalue weighted by Crippen LogP contribution is 2.30. The quantitative estimate of drug-likeness (QED) is 0.0967. The van der Waals surface area contributed by atoms with Crippen LogP contribution < -0.4 is 21.0 Å². The van der Waals surface area contributed by atoms with Crippen LogP contribution in [0, 0.1) is 0 Å². The number of ether oxygens (including phenoxy) is 1. The number of halogens is 1. The Morgan fingerprint density at radius 2 is 1.94 bits per heavy atom. The predicted molar refractivity (Wildman–Crippen MR) is 123 cm³/mol. The Morgan fingerprint density at radius 1 is 1.24 bits per heavy atom. The van der Waals surface area contributed by atoms with Crippen molar-refractivity contribution >= 4 is 35.0 Å². The topological polar surface area (TPSA) is 143 Å². The number of alkyl halides is 1. The number of carbonyl (C=O) groups is 2. The lowest BCUT2D eigenvalue weighted by atomic mass is 10.1. The van der Waals surface area contributed by atoms with E-state index < -0.39 is 11.6 Å². The van der Waals surface area contributed by atoms with Crippen LogP contribution in [-0.2, 0) is 9.53 Å². The lowest BCUT2D eigenvalue weighted by Gasteiger charge is -2.39. The normalized spacial score (nSPS) is 20.3. The van der Waals surface area contributed by atoms with Gasteiger partial charge in [-0.05, 0) is 41.9 Å². The SMILES string of the molecule is [N-]=[N+]=NCCOC(=O)N1CCN(c2ccc(N3CC(=O)N(N)C4=C3NC(Cl)C=C4)cc2)CC1. The van der Waals surface area contributed by atoms with Crippen molar-refractivity contribution in [2.45, 2.75) is 5.50 Å². The average Bonchev–Trinajstić information content (AvgIpc) is 2.84. The van der Waals surface area contributed by atoms with Crippen molar-refractivity contribution in [1.29, 1.82) is 0 Å². The Balaban J connectivity index is 1.39. The van der Waals surface area contributed by atoms with Crippen molar-refractivity contribution in [2.24, 2.45) is 11.0 Å². The van der Waals surface area contributed by atoms with Gasteiger partial charge in [0.05, 0.1) is 13.2 Å². The summed E-state index contributed by atoms with van der Waals surface area (Å²) in [6.07, 6.45) is 3.07. The van der Waals surface area contributed by atoms with E-state index in [1.54, 1.807) is 17.1 Å². The van der Waals surface area contributed by atoms with Crippen LogP contribution in [0.4, 0.5) is 16.2 Å². The van der Waals surface area contributed by atoms with Crippen molar-refractivity contribution in [3.8, 4) is 0 Å². The summed E-state index contributed by atoms with van der Waals surface area (Å²) in [5.41, 5.74) is 10.3. The van der Waals surface area contributed by atoms with E-state index in [4.69, 9.17) is 27.7 Å². The Morgan fingerprint density at radius 3 is 2.64 bits per heavy atom. The third kappa shape index (κ3) is 4.92. The van der Waals surface area contributed by atoms with Gasteiger partial charge in [0.15, 0.2) is 0 Å². The molecule has 1 aromatic carbocycles. The van der Waals surface area contributed by atoms with E-state index in [0.717, 1.165) is 16.4 Å². The second-order valence-electron chi connectivity index (χ2n) is 7.55. The molecule has 0 saturated carbocycles. The molecule has 4 rings (SSSR count). The molecule has 3 heterocycles. The number of nitrogens with one attached hydrogen (secondary N) is 1. The zero-order valence-electron chi connectivity index (χ0n) is 17.8. The van der Waals surface area contributed by atoms with Crippen LogP contribution in [0.1, 0.15) is 0 Å². The first-order chi connectivity index (χ1) is 16.0. The number of benzene rings is 1. The molecule has 0 spiro atoms. The standard InChI is InChI=1S/C20H24ClN9O3/c21-17-6-5-16-19(25-17)29(13-18(31)30(16)23)15-3-1-14(2-4-15)27-8-10-28(11-9-27)20(32)33-12-7-24-26-22/h1-6,17,25H,7-13,23H2.